The van der Waals surface area contributed by atoms with E-state index in [4.69, 9.17) is 11.6 Å². The summed E-state index contributed by atoms with van der Waals surface area (Å²) in [4.78, 5) is 0. The molecule has 2 aliphatic rings. The van der Waals surface area contributed by atoms with Crippen LogP contribution in [0.1, 0.15) is 31.2 Å². The van der Waals surface area contributed by atoms with E-state index in [0.29, 0.717) is 11.3 Å². The summed E-state index contributed by atoms with van der Waals surface area (Å²) in [7, 11) is 0. The number of benzene rings is 1. The summed E-state index contributed by atoms with van der Waals surface area (Å²) in [6, 6.07) is 8.40. The summed E-state index contributed by atoms with van der Waals surface area (Å²) in [5, 5.41) is 5.25. The third-order valence-electron chi connectivity index (χ3n) is 4.84. The molecule has 0 amide bonds. The lowest BCUT2D eigenvalue weighted by molar-refractivity contribution is 0.167. The van der Waals surface area contributed by atoms with Gasteiger partial charge in [-0.15, -0.1) is 0 Å². The van der Waals surface area contributed by atoms with Crippen LogP contribution in [0.3, 0.4) is 0 Å². The van der Waals surface area contributed by atoms with Crippen molar-refractivity contribution in [3.63, 3.8) is 0 Å². The fourth-order valence-corrected chi connectivity index (χ4v) is 5.55. The summed E-state index contributed by atoms with van der Waals surface area (Å²) in [6.45, 7) is 4.65. The van der Waals surface area contributed by atoms with Crippen molar-refractivity contribution >= 4 is 23.4 Å². The number of halogens is 1. The van der Waals surface area contributed by atoms with Crippen molar-refractivity contribution < 1.29 is 0 Å². The second-order valence-electron chi connectivity index (χ2n) is 5.52. The van der Waals surface area contributed by atoms with E-state index in [0.717, 1.165) is 23.4 Å². The SMILES string of the molecule is CC1SCCC12CCNCC2c1ccccc1Cl. The standard InChI is InChI=1S/C15H20ClNS/c1-11-15(7-9-18-11)6-8-17-10-13(15)12-4-2-3-5-14(12)16/h2-5,11,13,17H,6-10H2,1H3. The lowest BCUT2D eigenvalue weighted by Crippen LogP contribution is -2.46. The minimum Gasteiger partial charge on any atom is -0.316 e. The van der Waals surface area contributed by atoms with E-state index in [9.17, 15) is 0 Å². The number of nitrogens with one attached hydrogen (secondary N) is 1. The Bertz CT molecular complexity index is 436. The van der Waals surface area contributed by atoms with Crippen LogP contribution in [-0.2, 0) is 0 Å². The van der Waals surface area contributed by atoms with E-state index in [1.807, 2.05) is 12.1 Å². The van der Waals surface area contributed by atoms with Crippen molar-refractivity contribution in [1.29, 1.82) is 0 Å². The smallest absolute Gasteiger partial charge is 0.0441 e. The highest BCUT2D eigenvalue weighted by Gasteiger charge is 2.48. The first-order valence-electron chi connectivity index (χ1n) is 6.81. The van der Waals surface area contributed by atoms with Crippen LogP contribution >= 0.6 is 23.4 Å². The summed E-state index contributed by atoms with van der Waals surface area (Å²) in [5.41, 5.74) is 1.81. The lowest BCUT2D eigenvalue weighted by atomic mass is 9.64. The minimum absolute atomic E-state index is 0.459. The van der Waals surface area contributed by atoms with Crippen LogP contribution in [0.25, 0.3) is 0 Å². The molecule has 2 saturated heterocycles. The molecular weight excluding hydrogens is 262 g/mol. The van der Waals surface area contributed by atoms with Gasteiger partial charge in [0.1, 0.15) is 0 Å². The maximum atomic E-state index is 6.43. The predicted molar refractivity (Wildman–Crippen MR) is 80.6 cm³/mol. The number of hydrogen-bond acceptors (Lipinski definition) is 2. The van der Waals surface area contributed by atoms with Crippen molar-refractivity contribution in [2.45, 2.75) is 30.9 Å². The van der Waals surface area contributed by atoms with Gasteiger partial charge in [0.15, 0.2) is 0 Å². The van der Waals surface area contributed by atoms with Gasteiger partial charge < -0.3 is 5.32 Å². The molecule has 1 aromatic rings. The Hall–Kier alpha value is -0.180. The molecule has 3 rings (SSSR count). The third-order valence-corrected chi connectivity index (χ3v) is 6.59. The maximum Gasteiger partial charge on any atom is 0.0441 e. The zero-order valence-corrected chi connectivity index (χ0v) is 12.4. The molecule has 0 bridgehead atoms. The molecule has 1 spiro atoms. The lowest BCUT2D eigenvalue weighted by Gasteiger charge is -2.45. The van der Waals surface area contributed by atoms with Gasteiger partial charge in [0.2, 0.25) is 0 Å². The Morgan fingerprint density at radius 2 is 2.17 bits per heavy atom. The van der Waals surface area contributed by atoms with Gasteiger partial charge in [-0.25, -0.2) is 0 Å². The third kappa shape index (κ3) is 1.99. The summed E-state index contributed by atoms with van der Waals surface area (Å²) < 4.78 is 0. The zero-order chi connectivity index (χ0) is 12.6. The van der Waals surface area contributed by atoms with E-state index in [1.165, 1.54) is 24.2 Å². The van der Waals surface area contributed by atoms with Crippen LogP contribution < -0.4 is 5.32 Å². The van der Waals surface area contributed by atoms with Crippen LogP contribution in [0, 0.1) is 5.41 Å². The zero-order valence-electron chi connectivity index (χ0n) is 10.8. The molecule has 0 saturated carbocycles. The fraction of sp³-hybridized carbons (Fsp3) is 0.600. The second-order valence-corrected chi connectivity index (χ2v) is 7.38. The molecule has 2 fully saturated rings. The number of rotatable bonds is 1. The highest BCUT2D eigenvalue weighted by atomic mass is 35.5. The van der Waals surface area contributed by atoms with Gasteiger partial charge in [-0.05, 0) is 42.2 Å². The monoisotopic (exact) mass is 281 g/mol. The average Bonchev–Trinajstić information content (AvgIpc) is 2.73. The highest BCUT2D eigenvalue weighted by molar-refractivity contribution is 8.00. The van der Waals surface area contributed by atoms with Crippen molar-refractivity contribution in [2.24, 2.45) is 5.41 Å². The van der Waals surface area contributed by atoms with Gasteiger partial charge in [0.25, 0.3) is 0 Å². The van der Waals surface area contributed by atoms with Gasteiger partial charge in [-0.2, -0.15) is 11.8 Å². The molecule has 0 radical (unpaired) electrons. The molecule has 2 heterocycles. The molecular formula is C15H20ClNS. The average molecular weight is 282 g/mol. The van der Waals surface area contributed by atoms with E-state index in [1.54, 1.807) is 0 Å². The predicted octanol–water partition coefficient (Wildman–Crippen LogP) is 3.93. The quantitative estimate of drug-likeness (QED) is 0.837. The number of piperidine rings is 1. The number of hydrogen-bond donors (Lipinski definition) is 1. The normalized spacial score (nSPS) is 36.1. The first kappa shape index (κ1) is 12.8. The van der Waals surface area contributed by atoms with Gasteiger partial charge >= 0.3 is 0 Å². The molecule has 1 nitrogen and oxygen atoms in total. The summed E-state index contributed by atoms with van der Waals surface area (Å²) in [5.74, 6) is 1.88. The van der Waals surface area contributed by atoms with Crippen LogP contribution in [0.4, 0.5) is 0 Å². The van der Waals surface area contributed by atoms with Gasteiger partial charge in [0.05, 0.1) is 0 Å². The summed E-state index contributed by atoms with van der Waals surface area (Å²) in [6.07, 6.45) is 2.63. The van der Waals surface area contributed by atoms with E-state index in [-0.39, 0.29) is 0 Å². The fourth-order valence-electron chi connectivity index (χ4n) is 3.70. The highest BCUT2D eigenvalue weighted by Crippen LogP contribution is 2.55. The molecule has 0 aromatic heterocycles. The van der Waals surface area contributed by atoms with Crippen molar-refractivity contribution in [3.8, 4) is 0 Å². The molecule has 1 aromatic carbocycles. The molecule has 0 aliphatic carbocycles. The maximum absolute atomic E-state index is 6.43. The first-order valence-corrected chi connectivity index (χ1v) is 8.23. The molecule has 3 atom stereocenters. The number of thioether (sulfide) groups is 1. The Morgan fingerprint density at radius 3 is 2.89 bits per heavy atom. The van der Waals surface area contributed by atoms with Crippen LogP contribution in [0.15, 0.2) is 24.3 Å². The van der Waals surface area contributed by atoms with E-state index in [2.05, 4.69) is 36.1 Å². The molecule has 18 heavy (non-hydrogen) atoms. The van der Waals surface area contributed by atoms with Gasteiger partial charge in [-0.1, -0.05) is 36.7 Å². The Kier molecular flexibility index (Phi) is 3.61. The van der Waals surface area contributed by atoms with Gasteiger partial charge in [-0.3, -0.25) is 0 Å². The van der Waals surface area contributed by atoms with Crippen molar-refractivity contribution in [3.05, 3.63) is 34.9 Å². The van der Waals surface area contributed by atoms with E-state index >= 15 is 0 Å². The molecule has 3 heteroatoms. The van der Waals surface area contributed by atoms with Crippen LogP contribution in [-0.4, -0.2) is 24.1 Å². The van der Waals surface area contributed by atoms with Crippen molar-refractivity contribution in [2.75, 3.05) is 18.8 Å². The van der Waals surface area contributed by atoms with Crippen molar-refractivity contribution in [1.82, 2.24) is 5.32 Å². The van der Waals surface area contributed by atoms with E-state index < -0.39 is 0 Å². The Labute approximate surface area is 119 Å². The molecule has 3 unspecified atom stereocenters. The minimum atomic E-state index is 0.459. The Morgan fingerprint density at radius 1 is 1.33 bits per heavy atom. The van der Waals surface area contributed by atoms with Gasteiger partial charge in [0, 0.05) is 22.7 Å². The van der Waals surface area contributed by atoms with Crippen LogP contribution in [0.5, 0.6) is 0 Å². The molecule has 1 N–H and O–H groups in total. The van der Waals surface area contributed by atoms with Crippen LogP contribution in [0.2, 0.25) is 5.02 Å². The largest absolute Gasteiger partial charge is 0.316 e. The topological polar surface area (TPSA) is 12.0 Å². The molecule has 2 aliphatic heterocycles. The summed E-state index contributed by atoms with van der Waals surface area (Å²) >= 11 is 8.57. The second kappa shape index (κ2) is 5.07. The molecule has 98 valence electrons. The Balaban J connectivity index is 2.00. The first-order chi connectivity index (χ1) is 8.74.